The number of rotatable bonds is 6. The molecule has 29 heavy (non-hydrogen) atoms. The third kappa shape index (κ3) is 5.79. The van der Waals surface area contributed by atoms with Gasteiger partial charge in [-0.1, -0.05) is 11.6 Å². The Bertz CT molecular complexity index is 868. The number of nitrogens with zero attached hydrogens (tertiary/aromatic N) is 3. The Morgan fingerprint density at radius 3 is 2.59 bits per heavy atom. The lowest BCUT2D eigenvalue weighted by Crippen LogP contribution is -2.38. The van der Waals surface area contributed by atoms with Crippen LogP contribution in [0, 0.1) is 18.7 Å². The van der Waals surface area contributed by atoms with Crippen LogP contribution in [0.3, 0.4) is 0 Å². The molecule has 2 aromatic rings. The van der Waals surface area contributed by atoms with Crippen LogP contribution in [0.5, 0.6) is 0 Å². The molecule has 0 atom stereocenters. The fourth-order valence-corrected chi connectivity index (χ4v) is 3.69. The van der Waals surface area contributed by atoms with Gasteiger partial charge in [-0.05, 0) is 56.7 Å². The second-order valence-corrected chi connectivity index (χ2v) is 8.19. The van der Waals surface area contributed by atoms with E-state index >= 15 is 0 Å². The van der Waals surface area contributed by atoms with E-state index in [1.54, 1.807) is 0 Å². The van der Waals surface area contributed by atoms with Gasteiger partial charge in [0.05, 0.1) is 5.02 Å². The standard InChI is InChI=1S/C21H27ClFN5O/c1-13-10-19(28(2)3)27-21(25-13)24-12-14-4-7-16(8-5-14)26-20(29)15-6-9-18(23)17(22)11-15/h6,9-11,14,16H,4-5,7-8,12H2,1-3H3,(H,26,29)(H,24,25,27)/t14-,16+. The van der Waals surface area contributed by atoms with Crippen LogP contribution in [0.1, 0.15) is 41.7 Å². The molecule has 0 bridgehead atoms. The molecule has 0 saturated heterocycles. The van der Waals surface area contributed by atoms with Crippen LogP contribution in [-0.2, 0) is 0 Å². The molecule has 1 amide bonds. The third-order valence-corrected chi connectivity index (χ3v) is 5.50. The average Bonchev–Trinajstić information content (AvgIpc) is 2.69. The number of carbonyl (C=O) groups is 1. The first-order valence-electron chi connectivity index (χ1n) is 9.84. The molecule has 0 radical (unpaired) electrons. The van der Waals surface area contributed by atoms with Gasteiger partial charge >= 0.3 is 0 Å². The predicted octanol–water partition coefficient (Wildman–Crippen LogP) is 4.04. The molecule has 0 spiro atoms. The molecule has 1 aliphatic rings. The fourth-order valence-electron chi connectivity index (χ4n) is 3.51. The Balaban J connectivity index is 1.47. The predicted molar refractivity (Wildman–Crippen MR) is 114 cm³/mol. The molecule has 1 aromatic carbocycles. The summed E-state index contributed by atoms with van der Waals surface area (Å²) in [5.41, 5.74) is 1.31. The number of aryl methyl sites for hydroxylation is 1. The van der Waals surface area contributed by atoms with Crippen molar-refractivity contribution < 1.29 is 9.18 Å². The van der Waals surface area contributed by atoms with Gasteiger partial charge in [0, 0.05) is 44.0 Å². The minimum Gasteiger partial charge on any atom is -0.363 e. The summed E-state index contributed by atoms with van der Waals surface area (Å²) >= 11 is 5.77. The number of benzene rings is 1. The summed E-state index contributed by atoms with van der Waals surface area (Å²) in [4.78, 5) is 23.3. The highest BCUT2D eigenvalue weighted by Gasteiger charge is 2.23. The topological polar surface area (TPSA) is 70.2 Å². The monoisotopic (exact) mass is 419 g/mol. The third-order valence-electron chi connectivity index (χ3n) is 5.21. The van der Waals surface area contributed by atoms with Crippen molar-refractivity contribution in [3.05, 3.63) is 46.4 Å². The van der Waals surface area contributed by atoms with Gasteiger partial charge in [0.25, 0.3) is 5.91 Å². The number of aromatic nitrogens is 2. The second kappa shape index (κ2) is 9.39. The number of carbonyl (C=O) groups excluding carboxylic acids is 1. The van der Waals surface area contributed by atoms with Gasteiger partial charge in [0.1, 0.15) is 11.6 Å². The highest BCUT2D eigenvalue weighted by atomic mass is 35.5. The van der Waals surface area contributed by atoms with Crippen molar-refractivity contribution in [1.82, 2.24) is 15.3 Å². The minimum atomic E-state index is -0.522. The van der Waals surface area contributed by atoms with E-state index in [0.717, 1.165) is 43.7 Å². The van der Waals surface area contributed by atoms with Crippen molar-refractivity contribution in [2.45, 2.75) is 38.6 Å². The maximum absolute atomic E-state index is 13.3. The molecule has 1 heterocycles. The van der Waals surface area contributed by atoms with Gasteiger partial charge in [0.2, 0.25) is 5.95 Å². The smallest absolute Gasteiger partial charge is 0.251 e. The Morgan fingerprint density at radius 1 is 1.21 bits per heavy atom. The molecule has 1 aromatic heterocycles. The first-order chi connectivity index (χ1) is 13.8. The lowest BCUT2D eigenvalue weighted by Gasteiger charge is -2.29. The van der Waals surface area contributed by atoms with Gasteiger partial charge in [-0.25, -0.2) is 9.37 Å². The van der Waals surface area contributed by atoms with Gasteiger partial charge in [-0.2, -0.15) is 4.98 Å². The van der Waals surface area contributed by atoms with Gasteiger partial charge in [0.15, 0.2) is 0 Å². The van der Waals surface area contributed by atoms with Crippen molar-refractivity contribution in [2.24, 2.45) is 5.92 Å². The fraction of sp³-hybridized carbons (Fsp3) is 0.476. The largest absolute Gasteiger partial charge is 0.363 e. The van der Waals surface area contributed by atoms with E-state index in [4.69, 9.17) is 11.6 Å². The van der Waals surface area contributed by atoms with E-state index in [0.29, 0.717) is 17.4 Å². The van der Waals surface area contributed by atoms with E-state index in [-0.39, 0.29) is 17.0 Å². The molecule has 0 unspecified atom stereocenters. The van der Waals surface area contributed by atoms with Crippen LogP contribution in [0.15, 0.2) is 24.3 Å². The molecule has 1 aliphatic carbocycles. The quantitative estimate of drug-likeness (QED) is 0.739. The van der Waals surface area contributed by atoms with Gasteiger partial charge in [-0.3, -0.25) is 4.79 Å². The molecular formula is C21H27ClFN5O. The molecule has 2 N–H and O–H groups in total. The molecule has 6 nitrogen and oxygen atoms in total. The van der Waals surface area contributed by atoms with Crippen molar-refractivity contribution >= 4 is 29.3 Å². The first kappa shape index (κ1) is 21.3. The molecule has 8 heteroatoms. The highest BCUT2D eigenvalue weighted by molar-refractivity contribution is 6.31. The number of hydrogen-bond acceptors (Lipinski definition) is 5. The molecule has 156 valence electrons. The van der Waals surface area contributed by atoms with E-state index in [9.17, 15) is 9.18 Å². The summed E-state index contributed by atoms with van der Waals surface area (Å²) in [6.07, 6.45) is 3.83. The van der Waals surface area contributed by atoms with E-state index < -0.39 is 5.82 Å². The Hall–Kier alpha value is -2.41. The number of hydrogen-bond donors (Lipinski definition) is 2. The maximum Gasteiger partial charge on any atom is 0.251 e. The Labute approximate surface area is 175 Å². The number of nitrogens with one attached hydrogen (secondary N) is 2. The minimum absolute atomic E-state index is 0.0387. The number of anilines is 2. The van der Waals surface area contributed by atoms with Crippen LogP contribution >= 0.6 is 11.6 Å². The van der Waals surface area contributed by atoms with Crippen LogP contribution in [0.25, 0.3) is 0 Å². The SMILES string of the molecule is Cc1cc(N(C)C)nc(NC[C@H]2CC[C@@H](NC(=O)c3ccc(F)c(Cl)c3)CC2)n1. The summed E-state index contributed by atoms with van der Waals surface area (Å²) in [7, 11) is 3.92. The van der Waals surface area contributed by atoms with E-state index in [2.05, 4.69) is 20.6 Å². The lowest BCUT2D eigenvalue weighted by molar-refractivity contribution is 0.0922. The van der Waals surface area contributed by atoms with Crippen LogP contribution < -0.4 is 15.5 Å². The highest BCUT2D eigenvalue weighted by Crippen LogP contribution is 2.25. The van der Waals surface area contributed by atoms with Gasteiger partial charge < -0.3 is 15.5 Å². The van der Waals surface area contributed by atoms with Gasteiger partial charge in [-0.15, -0.1) is 0 Å². The van der Waals surface area contributed by atoms with Crippen molar-refractivity contribution in [2.75, 3.05) is 30.9 Å². The van der Waals surface area contributed by atoms with Crippen molar-refractivity contribution in [1.29, 1.82) is 0 Å². The summed E-state index contributed by atoms with van der Waals surface area (Å²) in [6, 6.07) is 6.11. The zero-order valence-corrected chi connectivity index (χ0v) is 17.8. The molecule has 3 rings (SSSR count). The molecule has 1 fully saturated rings. The zero-order valence-electron chi connectivity index (χ0n) is 17.0. The molecule has 0 aliphatic heterocycles. The Kier molecular flexibility index (Phi) is 6.90. The normalized spacial score (nSPS) is 18.9. The average molecular weight is 420 g/mol. The van der Waals surface area contributed by atoms with Crippen LogP contribution in [-0.4, -0.2) is 42.6 Å². The lowest BCUT2D eigenvalue weighted by atomic mass is 9.86. The van der Waals surface area contributed by atoms with E-state index in [1.165, 1.54) is 18.2 Å². The summed E-state index contributed by atoms with van der Waals surface area (Å²) in [5, 5.41) is 6.35. The van der Waals surface area contributed by atoms with Crippen molar-refractivity contribution in [3.8, 4) is 0 Å². The molecule has 1 saturated carbocycles. The van der Waals surface area contributed by atoms with Crippen LogP contribution in [0.2, 0.25) is 5.02 Å². The zero-order chi connectivity index (χ0) is 21.0. The summed E-state index contributed by atoms with van der Waals surface area (Å²) in [5.74, 6) is 1.31. The number of halogens is 2. The maximum atomic E-state index is 13.3. The second-order valence-electron chi connectivity index (χ2n) is 7.79. The summed E-state index contributed by atoms with van der Waals surface area (Å²) in [6.45, 7) is 2.77. The first-order valence-corrected chi connectivity index (χ1v) is 10.2. The summed E-state index contributed by atoms with van der Waals surface area (Å²) < 4.78 is 13.3. The molecular weight excluding hydrogens is 393 g/mol. The number of amides is 1. The van der Waals surface area contributed by atoms with Crippen molar-refractivity contribution in [3.63, 3.8) is 0 Å². The van der Waals surface area contributed by atoms with Crippen LogP contribution in [0.4, 0.5) is 16.2 Å². The van der Waals surface area contributed by atoms with E-state index in [1.807, 2.05) is 32.0 Å². The Morgan fingerprint density at radius 2 is 1.93 bits per heavy atom.